The standard InChI is InChI=1S/C23H23N5S/c1-17-15-19-22(28-13-11-27(12-14-28)21-9-5-6-10-24-21)25-20(26-23(19)29-17)16-18-7-3-2-4-8-18/h2-10,15H,11-14,16H2,1H3. The number of fused-ring (bicyclic) bond motifs is 1. The van der Waals surface area contributed by atoms with Crippen LogP contribution in [-0.2, 0) is 6.42 Å². The van der Waals surface area contributed by atoms with E-state index in [1.807, 2.05) is 24.4 Å². The van der Waals surface area contributed by atoms with Crippen molar-refractivity contribution in [2.24, 2.45) is 0 Å². The summed E-state index contributed by atoms with van der Waals surface area (Å²) in [6, 6.07) is 18.8. The zero-order valence-corrected chi connectivity index (χ0v) is 17.3. The van der Waals surface area contributed by atoms with E-state index in [2.05, 4.69) is 58.1 Å². The first-order valence-corrected chi connectivity index (χ1v) is 10.8. The van der Waals surface area contributed by atoms with Gasteiger partial charge in [0.15, 0.2) is 0 Å². The van der Waals surface area contributed by atoms with Crippen molar-refractivity contribution in [2.75, 3.05) is 36.0 Å². The highest BCUT2D eigenvalue weighted by Crippen LogP contribution is 2.32. The Hall–Kier alpha value is -2.99. The lowest BCUT2D eigenvalue weighted by Crippen LogP contribution is -2.47. The predicted molar refractivity (Wildman–Crippen MR) is 120 cm³/mol. The molecule has 0 atom stereocenters. The molecular formula is C23H23N5S. The van der Waals surface area contributed by atoms with Gasteiger partial charge in [-0.1, -0.05) is 36.4 Å². The molecule has 5 rings (SSSR count). The molecule has 1 aliphatic heterocycles. The topological polar surface area (TPSA) is 45.2 Å². The van der Waals surface area contributed by atoms with Crippen LogP contribution in [0.1, 0.15) is 16.3 Å². The van der Waals surface area contributed by atoms with Crippen LogP contribution < -0.4 is 9.80 Å². The third kappa shape index (κ3) is 3.80. The van der Waals surface area contributed by atoms with Crippen molar-refractivity contribution < 1.29 is 0 Å². The minimum atomic E-state index is 0.759. The van der Waals surface area contributed by atoms with Gasteiger partial charge >= 0.3 is 0 Å². The van der Waals surface area contributed by atoms with Crippen LogP contribution in [0.3, 0.4) is 0 Å². The van der Waals surface area contributed by atoms with Crippen LogP contribution in [0.25, 0.3) is 10.2 Å². The monoisotopic (exact) mass is 401 g/mol. The lowest BCUT2D eigenvalue weighted by molar-refractivity contribution is 0.642. The third-order valence-electron chi connectivity index (χ3n) is 5.30. The van der Waals surface area contributed by atoms with E-state index in [9.17, 15) is 0 Å². The summed E-state index contributed by atoms with van der Waals surface area (Å²) in [4.78, 5) is 21.5. The molecule has 0 spiro atoms. The fourth-order valence-electron chi connectivity index (χ4n) is 3.86. The first-order chi connectivity index (χ1) is 14.3. The molecule has 1 aliphatic rings. The third-order valence-corrected chi connectivity index (χ3v) is 6.24. The molecule has 0 amide bonds. The van der Waals surface area contributed by atoms with Gasteiger partial charge in [-0.3, -0.25) is 0 Å². The number of piperazine rings is 1. The van der Waals surface area contributed by atoms with Crippen molar-refractivity contribution in [1.82, 2.24) is 15.0 Å². The summed E-state index contributed by atoms with van der Waals surface area (Å²) in [5.74, 6) is 3.02. The highest BCUT2D eigenvalue weighted by atomic mass is 32.1. The molecule has 4 aromatic rings. The smallest absolute Gasteiger partial charge is 0.141 e. The van der Waals surface area contributed by atoms with E-state index in [-0.39, 0.29) is 0 Å². The first-order valence-electron chi connectivity index (χ1n) is 9.98. The first kappa shape index (κ1) is 18.1. The van der Waals surface area contributed by atoms with E-state index in [0.29, 0.717) is 0 Å². The van der Waals surface area contributed by atoms with Crippen molar-refractivity contribution >= 4 is 33.2 Å². The van der Waals surface area contributed by atoms with Crippen molar-refractivity contribution in [3.63, 3.8) is 0 Å². The summed E-state index contributed by atoms with van der Waals surface area (Å²) in [7, 11) is 0. The van der Waals surface area contributed by atoms with Crippen LogP contribution >= 0.6 is 11.3 Å². The molecule has 3 aromatic heterocycles. The number of rotatable bonds is 4. The van der Waals surface area contributed by atoms with E-state index in [4.69, 9.17) is 9.97 Å². The quantitative estimate of drug-likeness (QED) is 0.510. The van der Waals surface area contributed by atoms with Crippen molar-refractivity contribution in [3.05, 3.63) is 77.1 Å². The molecule has 1 saturated heterocycles. The molecule has 0 aliphatic carbocycles. The number of pyridine rings is 1. The Morgan fingerprint density at radius 2 is 1.66 bits per heavy atom. The number of benzene rings is 1. The molecule has 29 heavy (non-hydrogen) atoms. The van der Waals surface area contributed by atoms with Crippen LogP contribution in [0.2, 0.25) is 0 Å². The molecule has 0 unspecified atom stereocenters. The normalized spacial score (nSPS) is 14.5. The molecule has 5 nitrogen and oxygen atoms in total. The molecular weight excluding hydrogens is 378 g/mol. The fraction of sp³-hybridized carbons (Fsp3) is 0.261. The van der Waals surface area contributed by atoms with Gasteiger partial charge in [0.25, 0.3) is 0 Å². The molecule has 146 valence electrons. The molecule has 0 saturated carbocycles. The number of anilines is 2. The van der Waals surface area contributed by atoms with E-state index < -0.39 is 0 Å². The average molecular weight is 402 g/mol. The second-order valence-corrected chi connectivity index (χ2v) is 8.60. The van der Waals surface area contributed by atoms with Gasteiger partial charge in [0, 0.05) is 43.7 Å². The predicted octanol–water partition coefficient (Wildman–Crippen LogP) is 4.31. The van der Waals surface area contributed by atoms with Crippen LogP contribution in [0.5, 0.6) is 0 Å². The molecule has 0 bridgehead atoms. The van der Waals surface area contributed by atoms with Gasteiger partial charge in [0.1, 0.15) is 22.3 Å². The van der Waals surface area contributed by atoms with E-state index in [1.165, 1.54) is 15.8 Å². The summed E-state index contributed by atoms with van der Waals surface area (Å²) in [6.07, 6.45) is 2.62. The largest absolute Gasteiger partial charge is 0.353 e. The van der Waals surface area contributed by atoms with Gasteiger partial charge in [-0.15, -0.1) is 11.3 Å². The number of aromatic nitrogens is 3. The maximum absolute atomic E-state index is 5.02. The van der Waals surface area contributed by atoms with E-state index in [0.717, 1.165) is 54.9 Å². The Morgan fingerprint density at radius 1 is 0.897 bits per heavy atom. The Kier molecular flexibility index (Phi) is 4.86. The van der Waals surface area contributed by atoms with Crippen molar-refractivity contribution in [2.45, 2.75) is 13.3 Å². The summed E-state index contributed by atoms with van der Waals surface area (Å²) >= 11 is 1.75. The second kappa shape index (κ2) is 7.79. The lowest BCUT2D eigenvalue weighted by atomic mass is 10.1. The Balaban J connectivity index is 1.43. The number of hydrogen-bond donors (Lipinski definition) is 0. The Labute approximate surface area is 174 Å². The SMILES string of the molecule is Cc1cc2c(N3CCN(c4ccccn4)CC3)nc(Cc3ccccc3)nc2s1. The highest BCUT2D eigenvalue weighted by molar-refractivity contribution is 7.18. The number of thiophene rings is 1. The summed E-state index contributed by atoms with van der Waals surface area (Å²) in [5.41, 5.74) is 1.24. The van der Waals surface area contributed by atoms with Gasteiger partial charge < -0.3 is 9.80 Å². The molecule has 1 fully saturated rings. The fourth-order valence-corrected chi connectivity index (χ4v) is 4.75. The zero-order chi connectivity index (χ0) is 19.6. The minimum absolute atomic E-state index is 0.759. The van der Waals surface area contributed by atoms with Gasteiger partial charge in [0.2, 0.25) is 0 Å². The minimum Gasteiger partial charge on any atom is -0.353 e. The molecule has 0 radical (unpaired) electrons. The summed E-state index contributed by atoms with van der Waals surface area (Å²) < 4.78 is 0. The highest BCUT2D eigenvalue weighted by Gasteiger charge is 2.22. The summed E-state index contributed by atoms with van der Waals surface area (Å²) in [6.45, 7) is 5.90. The zero-order valence-electron chi connectivity index (χ0n) is 16.5. The van der Waals surface area contributed by atoms with E-state index >= 15 is 0 Å². The van der Waals surface area contributed by atoms with Crippen LogP contribution in [-0.4, -0.2) is 41.1 Å². The van der Waals surface area contributed by atoms with Gasteiger partial charge in [-0.25, -0.2) is 15.0 Å². The maximum atomic E-state index is 5.02. The molecule has 0 N–H and O–H groups in total. The van der Waals surface area contributed by atoms with E-state index in [1.54, 1.807) is 11.3 Å². The number of nitrogens with zero attached hydrogens (tertiary/aromatic N) is 5. The molecule has 4 heterocycles. The average Bonchev–Trinajstić information content (AvgIpc) is 3.15. The van der Waals surface area contributed by atoms with Crippen molar-refractivity contribution in [3.8, 4) is 0 Å². The van der Waals surface area contributed by atoms with Crippen LogP contribution in [0.15, 0.2) is 60.8 Å². The van der Waals surface area contributed by atoms with Gasteiger partial charge in [0.05, 0.1) is 5.39 Å². The Morgan fingerprint density at radius 3 is 2.41 bits per heavy atom. The summed E-state index contributed by atoms with van der Waals surface area (Å²) in [5, 5.41) is 1.18. The van der Waals surface area contributed by atoms with Crippen molar-refractivity contribution in [1.29, 1.82) is 0 Å². The lowest BCUT2D eigenvalue weighted by Gasteiger charge is -2.36. The number of hydrogen-bond acceptors (Lipinski definition) is 6. The van der Waals surface area contributed by atoms with Gasteiger partial charge in [-0.05, 0) is 30.7 Å². The Bertz CT molecular complexity index is 1100. The number of aryl methyl sites for hydroxylation is 1. The maximum Gasteiger partial charge on any atom is 0.141 e. The second-order valence-electron chi connectivity index (χ2n) is 7.36. The molecule has 6 heteroatoms. The van der Waals surface area contributed by atoms with Crippen LogP contribution in [0, 0.1) is 6.92 Å². The molecule has 1 aromatic carbocycles. The van der Waals surface area contributed by atoms with Gasteiger partial charge in [-0.2, -0.15) is 0 Å². The van der Waals surface area contributed by atoms with Crippen LogP contribution in [0.4, 0.5) is 11.6 Å².